The third-order valence-corrected chi connectivity index (χ3v) is 5.52. The first kappa shape index (κ1) is 15.3. The molecule has 1 aromatic heterocycles. The van der Waals surface area contributed by atoms with Gasteiger partial charge in [-0.25, -0.2) is 8.42 Å². The Balaban J connectivity index is 2.03. The van der Waals surface area contributed by atoms with Crippen LogP contribution in [-0.2, 0) is 14.8 Å². The fourth-order valence-corrected chi connectivity index (χ4v) is 4.46. The summed E-state index contributed by atoms with van der Waals surface area (Å²) in [6.07, 6.45) is 0. The standard InChI is InChI=1S/C14H10N2O5S2/c17-9-5-3-1-2-4-8(9)15-14(19)11-12(18)13-10(6-7-22-13)23(20,21)16-11/h1-7,16,18H,(H,15,17,19). The molecule has 23 heavy (non-hydrogen) atoms. The van der Waals surface area contributed by atoms with E-state index in [1.165, 1.54) is 29.6 Å². The van der Waals surface area contributed by atoms with Crippen LogP contribution in [0.15, 0.2) is 57.2 Å². The minimum atomic E-state index is -3.94. The van der Waals surface area contributed by atoms with E-state index in [-0.39, 0.29) is 15.5 Å². The van der Waals surface area contributed by atoms with E-state index < -0.39 is 32.8 Å². The lowest BCUT2D eigenvalue weighted by molar-refractivity contribution is -0.113. The first-order valence-electron chi connectivity index (χ1n) is 6.35. The molecule has 2 aromatic rings. The minimum Gasteiger partial charge on any atom is -0.504 e. The van der Waals surface area contributed by atoms with Gasteiger partial charge in [-0.3, -0.25) is 14.3 Å². The third-order valence-electron chi connectivity index (χ3n) is 3.08. The van der Waals surface area contributed by atoms with Crippen LogP contribution in [0.3, 0.4) is 0 Å². The Morgan fingerprint density at radius 3 is 2.70 bits per heavy atom. The maximum atomic E-state index is 12.3. The number of carbonyl (C=O) groups excluding carboxylic acids is 1. The SMILES string of the molecule is O=C(Nc1cccccc1=O)C1=C(O)c2sccc2S(=O)(=O)N1. The van der Waals surface area contributed by atoms with Crippen LogP contribution < -0.4 is 15.5 Å². The lowest BCUT2D eigenvalue weighted by Crippen LogP contribution is -2.35. The lowest BCUT2D eigenvalue weighted by Gasteiger charge is -2.18. The zero-order chi connectivity index (χ0) is 16.6. The molecule has 0 unspecified atom stereocenters. The summed E-state index contributed by atoms with van der Waals surface area (Å²) in [6.45, 7) is 0. The smallest absolute Gasteiger partial charge is 0.276 e. The third kappa shape index (κ3) is 2.71. The number of anilines is 1. The van der Waals surface area contributed by atoms with Crippen molar-refractivity contribution in [2.45, 2.75) is 4.90 Å². The van der Waals surface area contributed by atoms with Gasteiger partial charge in [0.05, 0.1) is 10.6 Å². The van der Waals surface area contributed by atoms with Gasteiger partial charge in [0.2, 0.25) is 5.43 Å². The number of amides is 1. The monoisotopic (exact) mass is 350 g/mol. The predicted molar refractivity (Wildman–Crippen MR) is 85.5 cm³/mol. The summed E-state index contributed by atoms with van der Waals surface area (Å²) < 4.78 is 26.2. The maximum Gasteiger partial charge on any atom is 0.276 e. The number of hydrogen-bond donors (Lipinski definition) is 3. The molecule has 0 saturated carbocycles. The van der Waals surface area contributed by atoms with Crippen molar-refractivity contribution >= 4 is 38.7 Å². The molecule has 0 spiro atoms. The molecule has 1 aliphatic rings. The Morgan fingerprint density at radius 2 is 1.91 bits per heavy atom. The number of carbonyl (C=O) groups is 1. The summed E-state index contributed by atoms with van der Waals surface area (Å²) in [6, 6.07) is 8.64. The van der Waals surface area contributed by atoms with E-state index in [1.807, 2.05) is 4.72 Å². The molecule has 0 atom stereocenters. The number of aliphatic hydroxyl groups excluding tert-OH is 1. The maximum absolute atomic E-state index is 12.3. The number of hydrogen-bond acceptors (Lipinski definition) is 6. The van der Waals surface area contributed by atoms with Gasteiger partial charge in [0.1, 0.15) is 4.90 Å². The van der Waals surface area contributed by atoms with E-state index in [1.54, 1.807) is 12.1 Å². The second-order valence-corrected chi connectivity index (χ2v) is 7.15. The molecule has 7 nitrogen and oxygen atoms in total. The summed E-state index contributed by atoms with van der Waals surface area (Å²) in [5.41, 5.74) is -0.999. The average molecular weight is 350 g/mol. The summed E-state index contributed by atoms with van der Waals surface area (Å²) >= 11 is 0.996. The molecule has 3 rings (SSSR count). The van der Waals surface area contributed by atoms with Crippen LogP contribution >= 0.6 is 11.3 Å². The largest absolute Gasteiger partial charge is 0.504 e. The van der Waals surface area contributed by atoms with Crippen molar-refractivity contribution in [2.24, 2.45) is 0 Å². The number of fused-ring (bicyclic) bond motifs is 1. The van der Waals surface area contributed by atoms with Crippen molar-refractivity contribution in [3.63, 3.8) is 0 Å². The van der Waals surface area contributed by atoms with Gasteiger partial charge in [0.25, 0.3) is 15.9 Å². The normalized spacial score (nSPS) is 15.5. The van der Waals surface area contributed by atoms with Crippen LogP contribution in [0.1, 0.15) is 4.88 Å². The van der Waals surface area contributed by atoms with Gasteiger partial charge >= 0.3 is 0 Å². The van der Waals surface area contributed by atoms with Gasteiger partial charge in [0, 0.05) is 0 Å². The zero-order valence-electron chi connectivity index (χ0n) is 11.4. The van der Waals surface area contributed by atoms with E-state index in [0.29, 0.717) is 0 Å². The van der Waals surface area contributed by atoms with Crippen molar-refractivity contribution in [1.29, 1.82) is 0 Å². The average Bonchev–Trinajstić information content (AvgIpc) is 2.92. The van der Waals surface area contributed by atoms with E-state index >= 15 is 0 Å². The van der Waals surface area contributed by atoms with Crippen molar-refractivity contribution < 1.29 is 18.3 Å². The van der Waals surface area contributed by atoms with Crippen molar-refractivity contribution in [3.8, 4) is 0 Å². The summed E-state index contributed by atoms with van der Waals surface area (Å²) in [4.78, 5) is 24.0. The number of aliphatic hydroxyl groups is 1. The zero-order valence-corrected chi connectivity index (χ0v) is 13.1. The molecule has 0 bridgehead atoms. The van der Waals surface area contributed by atoms with Crippen LogP contribution in [-0.4, -0.2) is 19.4 Å². The first-order valence-corrected chi connectivity index (χ1v) is 8.71. The lowest BCUT2D eigenvalue weighted by atomic mass is 10.3. The first-order chi connectivity index (χ1) is 10.9. The molecule has 118 valence electrons. The highest BCUT2D eigenvalue weighted by Crippen LogP contribution is 2.33. The summed E-state index contributed by atoms with van der Waals surface area (Å²) in [5.74, 6) is -1.40. The molecule has 0 radical (unpaired) electrons. The van der Waals surface area contributed by atoms with Crippen molar-refractivity contribution in [3.05, 3.63) is 62.6 Å². The summed E-state index contributed by atoms with van der Waals surface area (Å²) in [7, 11) is -3.94. The Hall–Kier alpha value is -2.65. The molecule has 1 amide bonds. The predicted octanol–water partition coefficient (Wildman–Crippen LogP) is 1.27. The minimum absolute atomic E-state index is 0.0310. The van der Waals surface area contributed by atoms with Crippen LogP contribution in [0.25, 0.3) is 5.76 Å². The molecular weight excluding hydrogens is 340 g/mol. The number of nitrogens with one attached hydrogen (secondary N) is 2. The fourth-order valence-electron chi connectivity index (χ4n) is 2.01. The Morgan fingerprint density at radius 1 is 1.17 bits per heavy atom. The van der Waals surface area contributed by atoms with E-state index in [0.717, 1.165) is 11.3 Å². The molecule has 1 aromatic carbocycles. The number of thiophene rings is 1. The molecule has 9 heteroatoms. The highest BCUT2D eigenvalue weighted by Gasteiger charge is 2.33. The molecule has 0 fully saturated rings. The molecular formula is C14H10N2O5S2. The Bertz CT molecular complexity index is 992. The van der Waals surface area contributed by atoms with Gasteiger partial charge in [0.15, 0.2) is 11.5 Å². The Labute approximate surface area is 135 Å². The van der Waals surface area contributed by atoms with Gasteiger partial charge in [-0.15, -0.1) is 11.3 Å². The van der Waals surface area contributed by atoms with Crippen LogP contribution in [0.2, 0.25) is 0 Å². The van der Waals surface area contributed by atoms with Crippen molar-refractivity contribution in [1.82, 2.24) is 4.72 Å². The van der Waals surface area contributed by atoms with E-state index in [4.69, 9.17) is 0 Å². The Kier molecular flexibility index (Phi) is 3.66. The van der Waals surface area contributed by atoms with Gasteiger partial charge in [-0.2, -0.15) is 0 Å². The highest BCUT2D eigenvalue weighted by atomic mass is 32.2. The number of sulfonamides is 1. The molecule has 0 aliphatic carbocycles. The van der Waals surface area contributed by atoms with Gasteiger partial charge in [-0.05, 0) is 23.6 Å². The van der Waals surface area contributed by atoms with E-state index in [9.17, 15) is 23.1 Å². The second kappa shape index (κ2) is 5.52. The van der Waals surface area contributed by atoms with Crippen LogP contribution in [0, 0.1) is 0 Å². The molecule has 0 saturated heterocycles. The highest BCUT2D eigenvalue weighted by molar-refractivity contribution is 7.90. The fraction of sp³-hybridized carbons (Fsp3) is 0. The van der Waals surface area contributed by atoms with E-state index in [2.05, 4.69) is 5.32 Å². The van der Waals surface area contributed by atoms with Crippen LogP contribution in [0.5, 0.6) is 0 Å². The van der Waals surface area contributed by atoms with Gasteiger partial charge in [-0.1, -0.05) is 18.2 Å². The topological polar surface area (TPSA) is 113 Å². The molecule has 2 heterocycles. The van der Waals surface area contributed by atoms with Crippen molar-refractivity contribution in [2.75, 3.05) is 5.32 Å². The number of rotatable bonds is 2. The quantitative estimate of drug-likeness (QED) is 0.755. The van der Waals surface area contributed by atoms with Crippen LogP contribution in [0.4, 0.5) is 5.69 Å². The molecule has 1 aliphatic heterocycles. The second-order valence-electron chi connectivity index (χ2n) is 4.59. The molecule has 3 N–H and O–H groups in total. The van der Waals surface area contributed by atoms with Gasteiger partial charge < -0.3 is 10.4 Å². The summed E-state index contributed by atoms with van der Waals surface area (Å²) in [5, 5.41) is 13.9.